The third-order valence-electron chi connectivity index (χ3n) is 4.81. The van der Waals surface area contributed by atoms with Crippen LogP contribution in [0.2, 0.25) is 5.28 Å². The highest BCUT2D eigenvalue weighted by atomic mass is 127. The van der Waals surface area contributed by atoms with Crippen molar-refractivity contribution in [1.29, 1.82) is 0 Å². The van der Waals surface area contributed by atoms with Crippen LogP contribution in [0.4, 0.5) is 5.82 Å². The lowest BCUT2D eigenvalue weighted by Crippen LogP contribution is -2.31. The van der Waals surface area contributed by atoms with Gasteiger partial charge >= 0.3 is 0 Å². The van der Waals surface area contributed by atoms with Gasteiger partial charge in [0.2, 0.25) is 11.2 Å². The number of rotatable bonds is 5. The lowest BCUT2D eigenvalue weighted by molar-refractivity contribution is -0.133. The monoisotopic (exact) mass is 567 g/mol. The smallest absolute Gasteiger partial charge is 0.256 e. The lowest BCUT2D eigenvalue weighted by atomic mass is 10.1. The fourth-order valence-corrected chi connectivity index (χ4v) is 4.08. The number of fused-ring (bicyclic) bond motifs is 1. The van der Waals surface area contributed by atoms with E-state index in [0.29, 0.717) is 5.56 Å². The Kier molecular flexibility index (Phi) is 6.41. The van der Waals surface area contributed by atoms with Gasteiger partial charge in [0.15, 0.2) is 17.0 Å². The Labute approximate surface area is 199 Å². The van der Waals surface area contributed by atoms with Crippen LogP contribution in [0.5, 0.6) is 0 Å². The van der Waals surface area contributed by atoms with Crippen LogP contribution < -0.4 is 10.6 Å². The van der Waals surface area contributed by atoms with E-state index in [1.807, 2.05) is 6.07 Å². The third kappa shape index (κ3) is 4.32. The molecule has 14 heteroatoms. The molecule has 3 heterocycles. The topological polar surface area (TPSA) is 160 Å². The molecular weight excluding hydrogens is 553 g/mol. The predicted molar refractivity (Wildman–Crippen MR) is 123 cm³/mol. The average Bonchev–Trinajstić information content (AvgIpc) is 3.37. The largest absolute Gasteiger partial charge is 0.357 e. The first-order chi connectivity index (χ1) is 15.4. The maximum absolute atomic E-state index is 12.7. The van der Waals surface area contributed by atoms with Crippen LogP contribution in [0.1, 0.15) is 23.0 Å². The predicted octanol–water partition coefficient (Wildman–Crippen LogP) is 3.05. The van der Waals surface area contributed by atoms with E-state index in [4.69, 9.17) is 21.9 Å². The number of aromatic nitrogens is 4. The second kappa shape index (κ2) is 9.24. The summed E-state index contributed by atoms with van der Waals surface area (Å²) in [4.78, 5) is 40.2. The number of hydrogen-bond acceptors (Lipinski definition) is 7. The minimum absolute atomic E-state index is 0.115. The first-order valence-corrected chi connectivity index (χ1v) is 10.7. The molecule has 0 bridgehead atoms. The van der Waals surface area contributed by atoms with Crippen molar-refractivity contribution in [2.24, 2.45) is 5.11 Å². The number of ether oxygens (including phenoxy) is 1. The van der Waals surface area contributed by atoms with E-state index < -0.39 is 24.3 Å². The summed E-state index contributed by atoms with van der Waals surface area (Å²) < 4.78 is 8.24. The van der Waals surface area contributed by atoms with Gasteiger partial charge < -0.3 is 15.4 Å². The number of carbonyl (C=O) groups excluding carboxylic acids is 2. The Morgan fingerprint density at radius 3 is 2.94 bits per heavy atom. The van der Waals surface area contributed by atoms with Gasteiger partial charge in [0.25, 0.3) is 5.91 Å². The van der Waals surface area contributed by atoms with Gasteiger partial charge in [-0.1, -0.05) is 11.2 Å². The highest BCUT2D eigenvalue weighted by molar-refractivity contribution is 14.1. The number of hydrogen-bond donors (Lipinski definition) is 2. The molecule has 164 valence electrons. The minimum atomic E-state index is -0.844. The van der Waals surface area contributed by atoms with E-state index >= 15 is 0 Å². The SMILES string of the molecule is CNC(=O)C1CC(N=[N+]=[N-])C(n2cnc3c(NC(=O)c4cccc(I)c4)nc(Cl)nc32)O1. The molecule has 2 aromatic heterocycles. The van der Waals surface area contributed by atoms with Crippen LogP contribution in [0.25, 0.3) is 21.6 Å². The molecule has 32 heavy (non-hydrogen) atoms. The number of azide groups is 1. The second-order valence-corrected chi connectivity index (χ2v) is 8.35. The van der Waals surface area contributed by atoms with Gasteiger partial charge in [-0.05, 0) is 64.3 Å². The summed E-state index contributed by atoms with van der Waals surface area (Å²) in [5.41, 5.74) is 9.89. The fraction of sp³-hybridized carbons (Fsp3) is 0.278. The summed E-state index contributed by atoms with van der Waals surface area (Å²) in [6.45, 7) is 0. The number of carbonyl (C=O) groups is 2. The number of nitrogens with zero attached hydrogens (tertiary/aromatic N) is 7. The van der Waals surface area contributed by atoms with E-state index in [1.165, 1.54) is 17.9 Å². The molecule has 0 spiro atoms. The van der Waals surface area contributed by atoms with Crippen LogP contribution in [-0.2, 0) is 9.53 Å². The van der Waals surface area contributed by atoms with E-state index in [-0.39, 0.29) is 34.6 Å². The summed E-state index contributed by atoms with van der Waals surface area (Å²) in [6, 6.07) is 6.35. The summed E-state index contributed by atoms with van der Waals surface area (Å²) in [5, 5.41) is 8.85. The summed E-state index contributed by atoms with van der Waals surface area (Å²) >= 11 is 8.22. The quantitative estimate of drug-likeness (QED) is 0.158. The van der Waals surface area contributed by atoms with Crippen molar-refractivity contribution in [3.8, 4) is 0 Å². The molecule has 3 atom stereocenters. The van der Waals surface area contributed by atoms with Crippen LogP contribution in [0, 0.1) is 3.57 Å². The molecule has 0 radical (unpaired) electrons. The maximum Gasteiger partial charge on any atom is 0.256 e. The number of benzene rings is 1. The zero-order valence-electron chi connectivity index (χ0n) is 16.4. The Morgan fingerprint density at radius 2 is 2.22 bits per heavy atom. The molecule has 2 N–H and O–H groups in total. The van der Waals surface area contributed by atoms with Crippen molar-refractivity contribution in [2.45, 2.75) is 24.8 Å². The summed E-state index contributed by atoms with van der Waals surface area (Å²) in [5.74, 6) is -0.616. The van der Waals surface area contributed by atoms with Crippen LogP contribution in [-0.4, -0.2) is 50.5 Å². The van der Waals surface area contributed by atoms with Gasteiger partial charge in [-0.25, -0.2) is 4.98 Å². The summed E-state index contributed by atoms with van der Waals surface area (Å²) in [7, 11) is 1.49. The normalized spacial score (nSPS) is 20.0. The molecule has 4 rings (SSSR count). The average molecular weight is 568 g/mol. The Balaban J connectivity index is 1.71. The number of nitrogens with one attached hydrogen (secondary N) is 2. The van der Waals surface area contributed by atoms with Crippen molar-refractivity contribution < 1.29 is 14.3 Å². The first-order valence-electron chi connectivity index (χ1n) is 9.29. The van der Waals surface area contributed by atoms with Gasteiger partial charge in [-0.15, -0.1) is 0 Å². The van der Waals surface area contributed by atoms with E-state index in [1.54, 1.807) is 18.2 Å². The van der Waals surface area contributed by atoms with Gasteiger partial charge in [-0.2, -0.15) is 9.97 Å². The van der Waals surface area contributed by atoms with Crippen molar-refractivity contribution >= 4 is 63.0 Å². The summed E-state index contributed by atoms with van der Waals surface area (Å²) in [6.07, 6.45) is -0.0603. The minimum Gasteiger partial charge on any atom is -0.357 e. The van der Waals surface area contributed by atoms with Gasteiger partial charge in [0.05, 0.1) is 12.4 Å². The third-order valence-corrected chi connectivity index (χ3v) is 5.65. The molecule has 3 aromatic rings. The zero-order valence-corrected chi connectivity index (χ0v) is 19.4. The molecule has 1 aliphatic heterocycles. The highest BCUT2D eigenvalue weighted by Crippen LogP contribution is 2.34. The number of amides is 2. The van der Waals surface area contributed by atoms with Gasteiger partial charge in [-0.3, -0.25) is 14.2 Å². The molecule has 1 saturated heterocycles. The molecule has 2 amide bonds. The van der Waals surface area contributed by atoms with Crippen molar-refractivity contribution in [3.63, 3.8) is 0 Å². The molecule has 12 nitrogen and oxygen atoms in total. The van der Waals surface area contributed by atoms with E-state index in [2.05, 4.69) is 58.2 Å². The standard InChI is InChI=1S/C18H15ClIN9O3/c1-22-16(31)11-6-10(27-28-21)17(32-11)29-7-23-12-13(25-18(19)26-14(12)29)24-15(30)8-3-2-4-9(20)5-8/h2-5,7,10-11,17H,6H2,1H3,(H,22,31)(H,24,25,26,30). The van der Waals surface area contributed by atoms with Crippen LogP contribution >= 0.6 is 34.2 Å². The van der Waals surface area contributed by atoms with Crippen LogP contribution in [0.15, 0.2) is 35.7 Å². The number of anilines is 1. The maximum atomic E-state index is 12.7. The molecule has 0 aliphatic carbocycles. The zero-order chi connectivity index (χ0) is 22.8. The van der Waals surface area contributed by atoms with Gasteiger partial charge in [0, 0.05) is 21.1 Å². The molecule has 3 unspecified atom stereocenters. The van der Waals surface area contributed by atoms with Crippen molar-refractivity contribution in [1.82, 2.24) is 24.8 Å². The van der Waals surface area contributed by atoms with Crippen molar-refractivity contribution in [2.75, 3.05) is 12.4 Å². The van der Waals surface area contributed by atoms with Crippen molar-refractivity contribution in [3.05, 3.63) is 55.5 Å². The Morgan fingerprint density at radius 1 is 1.41 bits per heavy atom. The Bertz CT molecular complexity index is 1260. The number of likely N-dealkylation sites (N-methyl/N-ethyl adjacent to an activating group) is 1. The molecule has 1 fully saturated rings. The number of imidazole rings is 1. The Hall–Kier alpha value is -3.00. The molecule has 1 aliphatic rings. The fourth-order valence-electron chi connectivity index (χ4n) is 3.37. The van der Waals surface area contributed by atoms with Gasteiger partial charge in [0.1, 0.15) is 12.3 Å². The first kappa shape index (κ1) is 22.2. The second-order valence-electron chi connectivity index (χ2n) is 6.77. The molecule has 1 aromatic carbocycles. The highest BCUT2D eigenvalue weighted by Gasteiger charge is 2.40. The van der Waals surface area contributed by atoms with Crippen LogP contribution in [0.3, 0.4) is 0 Å². The number of halogens is 2. The molecule has 0 saturated carbocycles. The lowest BCUT2D eigenvalue weighted by Gasteiger charge is -2.17. The van der Waals surface area contributed by atoms with E-state index in [0.717, 1.165) is 3.57 Å². The molecular formula is C18H15ClIN9O3. The van der Waals surface area contributed by atoms with E-state index in [9.17, 15) is 9.59 Å².